The second-order valence-corrected chi connectivity index (χ2v) is 13.0. The van der Waals surface area contributed by atoms with Crippen molar-refractivity contribution < 1.29 is 14.6 Å². The first kappa shape index (κ1) is 16.2. The number of fused-ring (bicyclic) bond motifs is 1. The predicted molar refractivity (Wildman–Crippen MR) is 84.1 cm³/mol. The van der Waals surface area contributed by atoms with Gasteiger partial charge in [-0.15, -0.1) is 0 Å². The smallest absolute Gasteiger partial charge is 0.192 e. The Morgan fingerprint density at radius 2 is 1.95 bits per heavy atom. The van der Waals surface area contributed by atoms with Crippen molar-refractivity contribution in [3.63, 3.8) is 0 Å². The molecule has 116 valence electrons. The van der Waals surface area contributed by atoms with Crippen LogP contribution in [-0.2, 0) is 4.43 Å². The van der Waals surface area contributed by atoms with Crippen LogP contribution in [0.4, 0.5) is 0 Å². The molecule has 0 unspecified atom stereocenters. The van der Waals surface area contributed by atoms with E-state index in [-0.39, 0.29) is 16.6 Å². The van der Waals surface area contributed by atoms with Crippen LogP contribution in [0.5, 0.6) is 0 Å². The van der Waals surface area contributed by atoms with Crippen molar-refractivity contribution in [2.45, 2.75) is 70.4 Å². The molecule has 2 aliphatic carbocycles. The third kappa shape index (κ3) is 2.76. The Morgan fingerprint density at radius 3 is 2.55 bits per heavy atom. The molecule has 1 saturated carbocycles. The van der Waals surface area contributed by atoms with Crippen LogP contribution in [0.15, 0.2) is 12.2 Å². The van der Waals surface area contributed by atoms with E-state index in [0.29, 0.717) is 18.9 Å². The summed E-state index contributed by atoms with van der Waals surface area (Å²) in [6, 6.07) is 0. The van der Waals surface area contributed by atoms with Crippen molar-refractivity contribution in [1.29, 1.82) is 0 Å². The lowest BCUT2D eigenvalue weighted by Gasteiger charge is -2.45. The molecule has 0 aromatic carbocycles. The maximum atomic E-state index is 10.5. The molecule has 0 aromatic rings. The predicted octanol–water partition coefficient (Wildman–Crippen LogP) is 3.09. The third-order valence-electron chi connectivity index (χ3n) is 5.82. The van der Waals surface area contributed by atoms with E-state index in [4.69, 9.17) is 4.43 Å². The Kier molecular flexibility index (Phi) is 4.24. The molecular formula is C16H30O3Si. The second kappa shape index (κ2) is 5.23. The van der Waals surface area contributed by atoms with E-state index in [0.717, 1.165) is 12.8 Å². The van der Waals surface area contributed by atoms with Crippen LogP contribution in [0.1, 0.15) is 40.0 Å². The average Bonchev–Trinajstić information content (AvgIpc) is 2.64. The molecule has 2 aliphatic rings. The van der Waals surface area contributed by atoms with E-state index in [2.05, 4.69) is 39.9 Å². The van der Waals surface area contributed by atoms with E-state index < -0.39 is 14.4 Å². The number of aliphatic hydroxyl groups excluding tert-OH is 2. The van der Waals surface area contributed by atoms with E-state index in [1.54, 1.807) is 0 Å². The van der Waals surface area contributed by atoms with Gasteiger partial charge in [0.25, 0.3) is 0 Å². The molecular weight excluding hydrogens is 268 g/mol. The molecule has 0 spiro atoms. The van der Waals surface area contributed by atoms with Crippen molar-refractivity contribution in [3.05, 3.63) is 12.2 Å². The van der Waals surface area contributed by atoms with Gasteiger partial charge in [-0.1, -0.05) is 32.9 Å². The Morgan fingerprint density at radius 1 is 1.30 bits per heavy atom. The Labute approximate surface area is 124 Å². The van der Waals surface area contributed by atoms with Crippen LogP contribution in [0, 0.1) is 11.3 Å². The van der Waals surface area contributed by atoms with Crippen molar-refractivity contribution in [2.75, 3.05) is 6.61 Å². The topological polar surface area (TPSA) is 49.7 Å². The van der Waals surface area contributed by atoms with Gasteiger partial charge < -0.3 is 14.6 Å². The molecule has 20 heavy (non-hydrogen) atoms. The summed E-state index contributed by atoms with van der Waals surface area (Å²) < 4.78 is 6.39. The number of aliphatic hydroxyl groups is 2. The van der Waals surface area contributed by atoms with Crippen LogP contribution in [0.25, 0.3) is 0 Å². The molecule has 4 atom stereocenters. The molecule has 0 aromatic heterocycles. The minimum atomic E-state index is -1.82. The highest BCUT2D eigenvalue weighted by atomic mass is 28.4. The number of allylic oxidation sites excluding steroid dienone is 1. The zero-order chi connectivity index (χ0) is 15.2. The zero-order valence-electron chi connectivity index (χ0n) is 13.5. The number of hydrogen-bond donors (Lipinski definition) is 2. The summed E-state index contributed by atoms with van der Waals surface area (Å²) in [5.74, 6) is 0.349. The minimum Gasteiger partial charge on any atom is -0.416 e. The van der Waals surface area contributed by atoms with Crippen LogP contribution >= 0.6 is 0 Å². The van der Waals surface area contributed by atoms with Gasteiger partial charge in [0.05, 0.1) is 12.2 Å². The first-order valence-corrected chi connectivity index (χ1v) is 10.7. The first-order valence-electron chi connectivity index (χ1n) is 7.75. The molecule has 0 saturated heterocycles. The fourth-order valence-electron chi connectivity index (χ4n) is 3.30. The largest absolute Gasteiger partial charge is 0.416 e. The summed E-state index contributed by atoms with van der Waals surface area (Å²) in [5, 5.41) is 20.7. The van der Waals surface area contributed by atoms with Gasteiger partial charge in [-0.05, 0) is 43.3 Å². The maximum absolute atomic E-state index is 10.5. The van der Waals surface area contributed by atoms with Gasteiger partial charge in [0.1, 0.15) is 0 Å². The third-order valence-corrected chi connectivity index (χ3v) is 10.3. The fourth-order valence-corrected chi connectivity index (χ4v) is 4.36. The van der Waals surface area contributed by atoms with Crippen LogP contribution in [0.2, 0.25) is 18.1 Å². The second-order valence-electron chi connectivity index (χ2n) is 8.18. The Hall–Kier alpha value is -0.163. The van der Waals surface area contributed by atoms with E-state index >= 15 is 0 Å². The molecule has 1 fully saturated rings. The summed E-state index contributed by atoms with van der Waals surface area (Å²) in [5.41, 5.74) is -0.274. The van der Waals surface area contributed by atoms with Gasteiger partial charge in [0.2, 0.25) is 0 Å². The number of hydrogen-bond acceptors (Lipinski definition) is 3. The summed E-state index contributed by atoms with van der Waals surface area (Å²) in [6.45, 7) is 11.8. The summed E-state index contributed by atoms with van der Waals surface area (Å²) in [7, 11) is -1.82. The highest BCUT2D eigenvalue weighted by Crippen LogP contribution is 2.51. The molecule has 0 aliphatic heterocycles. The average molecular weight is 298 g/mol. The number of rotatable bonds is 3. The monoisotopic (exact) mass is 298 g/mol. The van der Waals surface area contributed by atoms with Crippen molar-refractivity contribution in [1.82, 2.24) is 0 Å². The normalized spacial score (nSPS) is 38.0. The van der Waals surface area contributed by atoms with Gasteiger partial charge >= 0.3 is 0 Å². The Balaban J connectivity index is 2.15. The lowest BCUT2D eigenvalue weighted by atomic mass is 9.69. The van der Waals surface area contributed by atoms with Gasteiger partial charge in [-0.3, -0.25) is 0 Å². The van der Waals surface area contributed by atoms with Crippen LogP contribution < -0.4 is 0 Å². The fraction of sp³-hybridized carbons (Fsp3) is 0.875. The van der Waals surface area contributed by atoms with Gasteiger partial charge in [-0.25, -0.2) is 0 Å². The molecule has 0 bridgehead atoms. The summed E-state index contributed by atoms with van der Waals surface area (Å²) in [6.07, 6.45) is 5.58. The van der Waals surface area contributed by atoms with Crippen LogP contribution in [-0.4, -0.2) is 37.3 Å². The van der Waals surface area contributed by atoms with Gasteiger partial charge in [0.15, 0.2) is 8.32 Å². The highest BCUT2D eigenvalue weighted by molar-refractivity contribution is 6.74. The molecule has 3 nitrogen and oxygen atoms in total. The minimum absolute atomic E-state index is 0.172. The van der Waals surface area contributed by atoms with Crippen molar-refractivity contribution in [3.8, 4) is 0 Å². The van der Waals surface area contributed by atoms with E-state index in [1.807, 2.05) is 6.08 Å². The van der Waals surface area contributed by atoms with E-state index in [1.165, 1.54) is 0 Å². The molecule has 4 heteroatoms. The lowest BCUT2D eigenvalue weighted by Crippen LogP contribution is -2.49. The summed E-state index contributed by atoms with van der Waals surface area (Å²) >= 11 is 0. The SMILES string of the molecule is CC(C)(C)[Si](C)(C)OC[C@@]12C[C@@H](O)C[C@@H]1CC=C[C@H]2O. The molecule has 2 rings (SSSR count). The first-order chi connectivity index (χ1) is 9.08. The highest BCUT2D eigenvalue weighted by Gasteiger charge is 2.53. The standard InChI is InChI=1S/C16H30O3Si/c1-15(2,3)20(4,5)19-11-16-10-13(17)9-12(16)7-6-8-14(16)18/h6,8,12-14,17-18H,7,9-11H2,1-5H3/t12-,13-,14+,16-/m0/s1. The van der Waals surface area contributed by atoms with Gasteiger partial charge in [-0.2, -0.15) is 0 Å². The maximum Gasteiger partial charge on any atom is 0.192 e. The molecule has 0 heterocycles. The van der Waals surface area contributed by atoms with Gasteiger partial charge in [0, 0.05) is 12.0 Å². The van der Waals surface area contributed by atoms with Crippen LogP contribution in [0.3, 0.4) is 0 Å². The van der Waals surface area contributed by atoms with Crippen molar-refractivity contribution in [2.24, 2.45) is 11.3 Å². The quantitative estimate of drug-likeness (QED) is 0.622. The molecule has 0 amide bonds. The Bertz CT molecular complexity index is 386. The van der Waals surface area contributed by atoms with E-state index in [9.17, 15) is 10.2 Å². The molecule has 2 N–H and O–H groups in total. The zero-order valence-corrected chi connectivity index (χ0v) is 14.5. The lowest BCUT2D eigenvalue weighted by molar-refractivity contribution is -0.0242. The molecule has 0 radical (unpaired) electrons. The van der Waals surface area contributed by atoms with Crippen molar-refractivity contribution >= 4 is 8.32 Å². The summed E-state index contributed by atoms with van der Waals surface area (Å²) in [4.78, 5) is 0.